The minimum absolute atomic E-state index is 0.168. The molecule has 0 atom stereocenters. The minimum Gasteiger partial charge on any atom is -0.323 e. The smallest absolute Gasteiger partial charge is 0.323 e. The van der Waals surface area contributed by atoms with E-state index in [0.29, 0.717) is 11.5 Å². The predicted octanol–water partition coefficient (Wildman–Crippen LogP) is 3.45. The molecule has 1 aromatic heterocycles. The maximum absolute atomic E-state index is 13.5. The second-order valence-electron chi connectivity index (χ2n) is 8.27. The number of rotatable bonds is 5. The number of halogens is 2. The Bertz CT molecular complexity index is 1100. The third-order valence-corrected chi connectivity index (χ3v) is 6.02. The fourth-order valence-corrected chi connectivity index (χ4v) is 4.19. The van der Waals surface area contributed by atoms with Gasteiger partial charge >= 0.3 is 6.03 Å². The van der Waals surface area contributed by atoms with E-state index in [9.17, 15) is 28.0 Å². The zero-order valence-electron chi connectivity index (χ0n) is 17.9. The van der Waals surface area contributed by atoms with Gasteiger partial charge in [-0.3, -0.25) is 24.2 Å². The number of anilines is 2. The third-order valence-electron chi connectivity index (χ3n) is 6.02. The number of ketones is 1. The molecule has 0 unspecified atom stereocenters. The predicted molar refractivity (Wildman–Crippen MR) is 114 cm³/mol. The van der Waals surface area contributed by atoms with Gasteiger partial charge in [0.25, 0.3) is 5.91 Å². The zero-order chi connectivity index (χ0) is 23.8. The van der Waals surface area contributed by atoms with Gasteiger partial charge in [0.15, 0.2) is 5.78 Å². The van der Waals surface area contributed by atoms with Gasteiger partial charge in [0.05, 0.1) is 12.2 Å². The Labute approximate surface area is 188 Å². The normalized spacial score (nSPS) is 18.8. The van der Waals surface area contributed by atoms with Crippen LogP contribution in [0.15, 0.2) is 48.7 Å². The molecule has 2 aliphatic rings. The van der Waals surface area contributed by atoms with Crippen LogP contribution in [0.1, 0.15) is 43.0 Å². The molecule has 1 saturated heterocycles. The number of carbonyl (C=O) groups is 4. The number of benzene rings is 1. The lowest BCUT2D eigenvalue weighted by Gasteiger charge is -2.34. The van der Waals surface area contributed by atoms with Gasteiger partial charge in [-0.1, -0.05) is 6.07 Å². The number of aromatic nitrogens is 1. The monoisotopic (exact) mass is 456 g/mol. The van der Waals surface area contributed by atoms with Crippen molar-refractivity contribution in [3.8, 4) is 0 Å². The Balaban J connectivity index is 1.47. The molecule has 1 aliphatic heterocycles. The van der Waals surface area contributed by atoms with Gasteiger partial charge in [-0.25, -0.2) is 18.6 Å². The van der Waals surface area contributed by atoms with Crippen LogP contribution >= 0.6 is 0 Å². The second kappa shape index (κ2) is 8.34. The molecule has 2 aromatic rings. The van der Waals surface area contributed by atoms with Crippen LogP contribution in [-0.2, 0) is 9.59 Å². The summed E-state index contributed by atoms with van der Waals surface area (Å²) in [6, 6.07) is 10.5. The Kier molecular flexibility index (Phi) is 5.69. The van der Waals surface area contributed by atoms with Gasteiger partial charge in [0, 0.05) is 31.5 Å². The van der Waals surface area contributed by atoms with Crippen LogP contribution in [0.2, 0.25) is 0 Å². The van der Waals surface area contributed by atoms with E-state index in [1.165, 1.54) is 24.0 Å². The molecule has 0 radical (unpaired) electrons. The van der Waals surface area contributed by atoms with E-state index in [-0.39, 0.29) is 24.3 Å². The molecule has 8 nitrogen and oxygen atoms in total. The number of alkyl halides is 2. The maximum atomic E-state index is 13.5. The van der Waals surface area contributed by atoms with Gasteiger partial charge < -0.3 is 5.32 Å². The number of pyridine rings is 1. The van der Waals surface area contributed by atoms with Crippen molar-refractivity contribution in [2.75, 3.05) is 11.4 Å². The maximum Gasteiger partial charge on any atom is 0.325 e. The molecular formula is C23H22F2N4O4. The van der Waals surface area contributed by atoms with Gasteiger partial charge in [0.1, 0.15) is 11.4 Å². The van der Waals surface area contributed by atoms with E-state index in [1.807, 2.05) is 0 Å². The average Bonchev–Trinajstić information content (AvgIpc) is 3.01. The lowest BCUT2D eigenvalue weighted by atomic mass is 9.80. The van der Waals surface area contributed by atoms with Crippen molar-refractivity contribution < 1.29 is 28.0 Å². The molecule has 2 fully saturated rings. The summed E-state index contributed by atoms with van der Waals surface area (Å²) in [5, 5.41) is 2.52. The van der Waals surface area contributed by atoms with E-state index in [0.717, 1.165) is 4.90 Å². The number of nitrogens with one attached hydrogen (secondary N) is 1. The number of nitrogens with zero attached hydrogens (tertiary/aromatic N) is 3. The molecule has 1 N–H and O–H groups in total. The summed E-state index contributed by atoms with van der Waals surface area (Å²) in [6.07, 6.45) is 0.231. The van der Waals surface area contributed by atoms with Crippen LogP contribution in [0.3, 0.4) is 0 Å². The van der Waals surface area contributed by atoms with Gasteiger partial charge in [-0.2, -0.15) is 0 Å². The first-order valence-electron chi connectivity index (χ1n) is 10.5. The van der Waals surface area contributed by atoms with E-state index >= 15 is 0 Å². The summed E-state index contributed by atoms with van der Waals surface area (Å²) in [6.45, 7) is 0.890. The van der Waals surface area contributed by atoms with Gasteiger partial charge in [0.2, 0.25) is 11.8 Å². The molecule has 1 spiro atoms. The number of hydrogen-bond acceptors (Lipinski definition) is 5. The molecule has 4 rings (SSSR count). The van der Waals surface area contributed by atoms with E-state index in [2.05, 4.69) is 10.3 Å². The van der Waals surface area contributed by atoms with Crippen LogP contribution in [-0.4, -0.2) is 51.5 Å². The van der Waals surface area contributed by atoms with Gasteiger partial charge in [-0.05, 0) is 49.2 Å². The quantitative estimate of drug-likeness (QED) is 0.549. The van der Waals surface area contributed by atoms with Crippen molar-refractivity contribution in [1.82, 2.24) is 15.2 Å². The SMILES string of the molecule is CC(=O)N(c1ccc(C(=O)CN2C(=O)NC3(CCC(F)(F)CC3)C2=O)cc1)c1ccccn1. The van der Waals surface area contributed by atoms with E-state index in [1.54, 1.807) is 36.5 Å². The van der Waals surface area contributed by atoms with Crippen molar-refractivity contribution in [1.29, 1.82) is 0 Å². The molecule has 2 heterocycles. The Morgan fingerprint density at radius 1 is 1.06 bits per heavy atom. The summed E-state index contributed by atoms with van der Waals surface area (Å²) in [4.78, 5) is 56.4. The zero-order valence-corrected chi connectivity index (χ0v) is 17.9. The first kappa shape index (κ1) is 22.5. The van der Waals surface area contributed by atoms with E-state index in [4.69, 9.17) is 0 Å². The second-order valence-corrected chi connectivity index (χ2v) is 8.27. The highest BCUT2D eigenvalue weighted by molar-refractivity contribution is 6.11. The van der Waals surface area contributed by atoms with Crippen molar-refractivity contribution in [2.45, 2.75) is 44.1 Å². The number of imide groups is 1. The van der Waals surface area contributed by atoms with Crippen molar-refractivity contribution >= 4 is 35.1 Å². The molecule has 4 amide bonds. The molecule has 172 valence electrons. The van der Waals surface area contributed by atoms with Crippen molar-refractivity contribution in [3.63, 3.8) is 0 Å². The Morgan fingerprint density at radius 3 is 2.30 bits per heavy atom. The van der Waals surface area contributed by atoms with Crippen molar-refractivity contribution in [2.24, 2.45) is 0 Å². The first-order chi connectivity index (χ1) is 15.6. The Morgan fingerprint density at radius 2 is 1.73 bits per heavy atom. The number of amides is 4. The summed E-state index contributed by atoms with van der Waals surface area (Å²) >= 11 is 0. The minimum atomic E-state index is -2.86. The number of urea groups is 1. The standard InChI is InChI=1S/C23H22F2N4O4/c1-15(30)29(19-4-2-3-13-26-19)17-7-5-16(6-8-17)18(31)14-28-20(32)22(27-21(28)33)9-11-23(24,25)12-10-22/h2-8,13H,9-12,14H2,1H3,(H,27,33). The fourth-order valence-electron chi connectivity index (χ4n) is 4.19. The molecule has 10 heteroatoms. The average molecular weight is 456 g/mol. The lowest BCUT2D eigenvalue weighted by molar-refractivity contribution is -0.135. The Hall–Kier alpha value is -3.69. The molecular weight excluding hydrogens is 434 g/mol. The van der Waals surface area contributed by atoms with Crippen LogP contribution in [0.4, 0.5) is 25.1 Å². The summed E-state index contributed by atoms with van der Waals surface area (Å²) in [5.74, 6) is -3.84. The van der Waals surface area contributed by atoms with Gasteiger partial charge in [-0.15, -0.1) is 0 Å². The first-order valence-corrected chi connectivity index (χ1v) is 10.5. The summed E-state index contributed by atoms with van der Waals surface area (Å²) in [5.41, 5.74) is -0.636. The largest absolute Gasteiger partial charge is 0.325 e. The molecule has 1 aromatic carbocycles. The highest BCUT2D eigenvalue weighted by Gasteiger charge is 2.55. The topological polar surface area (TPSA) is 99.7 Å². The number of carbonyl (C=O) groups excluding carboxylic acids is 4. The summed E-state index contributed by atoms with van der Waals surface area (Å²) < 4.78 is 27.0. The fraction of sp³-hybridized carbons (Fsp3) is 0.348. The van der Waals surface area contributed by atoms with Crippen LogP contribution in [0, 0.1) is 0 Å². The molecule has 33 heavy (non-hydrogen) atoms. The molecule has 0 bridgehead atoms. The highest BCUT2D eigenvalue weighted by atomic mass is 19.3. The van der Waals surface area contributed by atoms with E-state index < -0.39 is 48.6 Å². The van der Waals surface area contributed by atoms with Crippen molar-refractivity contribution in [3.05, 3.63) is 54.2 Å². The van der Waals surface area contributed by atoms with Crippen LogP contribution < -0.4 is 10.2 Å². The van der Waals surface area contributed by atoms with Crippen LogP contribution in [0.25, 0.3) is 0 Å². The molecule has 1 aliphatic carbocycles. The van der Waals surface area contributed by atoms with Crippen LogP contribution in [0.5, 0.6) is 0 Å². The molecule has 1 saturated carbocycles. The number of Topliss-reactive ketones (excluding diaryl/α,β-unsaturated/α-hetero) is 1. The number of hydrogen-bond donors (Lipinski definition) is 1. The lowest BCUT2D eigenvalue weighted by Crippen LogP contribution is -2.51. The third kappa shape index (κ3) is 4.33. The highest BCUT2D eigenvalue weighted by Crippen LogP contribution is 2.41. The summed E-state index contributed by atoms with van der Waals surface area (Å²) in [7, 11) is 0.